The summed E-state index contributed by atoms with van der Waals surface area (Å²) in [7, 11) is 2.13. The van der Waals surface area contributed by atoms with E-state index in [-0.39, 0.29) is 0 Å². The molecule has 110 valence electrons. The van der Waals surface area contributed by atoms with Gasteiger partial charge in [0.15, 0.2) is 0 Å². The second-order valence-corrected chi connectivity index (χ2v) is 6.32. The smallest absolute Gasteiger partial charge is 0.139 e. The van der Waals surface area contributed by atoms with Crippen LogP contribution >= 0.6 is 12.2 Å². The molecule has 0 aromatic carbocycles. The number of anilines is 1. The van der Waals surface area contributed by atoms with Crippen molar-refractivity contribution in [3.8, 4) is 0 Å². The summed E-state index contributed by atoms with van der Waals surface area (Å²) >= 11 is 5.21. The number of aryl methyl sites for hydroxylation is 1. The van der Waals surface area contributed by atoms with Crippen LogP contribution in [0.1, 0.15) is 50.2 Å². The Morgan fingerprint density at radius 2 is 2.05 bits per heavy atom. The van der Waals surface area contributed by atoms with Gasteiger partial charge in [-0.3, -0.25) is 0 Å². The predicted molar refractivity (Wildman–Crippen MR) is 89.3 cm³/mol. The average Bonchev–Trinajstić information content (AvgIpc) is 2.46. The lowest BCUT2D eigenvalue weighted by atomic mass is 9.84. The molecule has 0 saturated heterocycles. The minimum Gasteiger partial charge on any atom is -0.389 e. The molecule has 1 saturated carbocycles. The standard InChI is InChI=1S/C16H25N3S/c1-4-12-5-7-13(8-6-12)19(3)16-14(15(17)20)11(2)9-10-18-16/h9-10,12-13H,4-8H2,1-3H3,(H2,17,20). The van der Waals surface area contributed by atoms with E-state index in [2.05, 4.69) is 23.9 Å². The minimum absolute atomic E-state index is 0.444. The van der Waals surface area contributed by atoms with Gasteiger partial charge >= 0.3 is 0 Å². The largest absolute Gasteiger partial charge is 0.389 e. The summed E-state index contributed by atoms with van der Waals surface area (Å²) in [5, 5.41) is 0. The molecular formula is C16H25N3S. The van der Waals surface area contributed by atoms with Crippen LogP contribution in [0.25, 0.3) is 0 Å². The van der Waals surface area contributed by atoms with E-state index in [1.807, 2.05) is 19.2 Å². The van der Waals surface area contributed by atoms with Crippen molar-refractivity contribution in [2.24, 2.45) is 11.7 Å². The maximum Gasteiger partial charge on any atom is 0.139 e. The first-order valence-electron chi connectivity index (χ1n) is 7.52. The monoisotopic (exact) mass is 291 g/mol. The molecular weight excluding hydrogens is 266 g/mol. The zero-order chi connectivity index (χ0) is 14.7. The van der Waals surface area contributed by atoms with Gasteiger partial charge in [-0.25, -0.2) is 4.98 Å². The molecule has 3 nitrogen and oxygen atoms in total. The van der Waals surface area contributed by atoms with Crippen LogP contribution in [0.4, 0.5) is 5.82 Å². The molecule has 0 amide bonds. The van der Waals surface area contributed by atoms with E-state index in [0.29, 0.717) is 11.0 Å². The van der Waals surface area contributed by atoms with Crippen LogP contribution in [0.2, 0.25) is 0 Å². The van der Waals surface area contributed by atoms with Crippen LogP contribution in [0.15, 0.2) is 12.3 Å². The lowest BCUT2D eigenvalue weighted by molar-refractivity contribution is 0.313. The lowest BCUT2D eigenvalue weighted by Gasteiger charge is -2.36. The number of thiocarbonyl (C=S) groups is 1. The summed E-state index contributed by atoms with van der Waals surface area (Å²) in [6.45, 7) is 4.34. The zero-order valence-electron chi connectivity index (χ0n) is 12.7. The van der Waals surface area contributed by atoms with Gasteiger partial charge in [0.05, 0.1) is 5.56 Å². The van der Waals surface area contributed by atoms with E-state index < -0.39 is 0 Å². The van der Waals surface area contributed by atoms with Gasteiger partial charge in [0.2, 0.25) is 0 Å². The highest BCUT2D eigenvalue weighted by Crippen LogP contribution is 2.32. The van der Waals surface area contributed by atoms with Gasteiger partial charge in [-0.05, 0) is 50.2 Å². The molecule has 0 spiro atoms. The number of rotatable bonds is 4. The Bertz CT molecular complexity index is 479. The fourth-order valence-corrected chi connectivity index (χ4v) is 3.48. The normalized spacial score (nSPS) is 22.6. The summed E-state index contributed by atoms with van der Waals surface area (Å²) in [5.41, 5.74) is 7.93. The Balaban J connectivity index is 2.20. The van der Waals surface area contributed by atoms with Crippen molar-refractivity contribution >= 4 is 23.0 Å². The highest BCUT2D eigenvalue weighted by Gasteiger charge is 2.25. The van der Waals surface area contributed by atoms with Gasteiger partial charge in [0.25, 0.3) is 0 Å². The van der Waals surface area contributed by atoms with Crippen molar-refractivity contribution < 1.29 is 0 Å². The molecule has 0 aliphatic heterocycles. The maximum atomic E-state index is 5.89. The number of nitrogens with two attached hydrogens (primary N) is 1. The number of pyridine rings is 1. The molecule has 0 unspecified atom stereocenters. The summed E-state index contributed by atoms with van der Waals surface area (Å²) in [6, 6.07) is 2.53. The Labute approximate surface area is 127 Å². The predicted octanol–water partition coefficient (Wildman–Crippen LogP) is 3.43. The molecule has 1 aromatic rings. The van der Waals surface area contributed by atoms with E-state index in [1.54, 1.807) is 0 Å². The number of nitrogens with zero attached hydrogens (tertiary/aromatic N) is 2. The molecule has 1 aliphatic carbocycles. The molecule has 2 N–H and O–H groups in total. The van der Waals surface area contributed by atoms with Gasteiger partial charge < -0.3 is 10.6 Å². The number of hydrogen-bond acceptors (Lipinski definition) is 3. The van der Waals surface area contributed by atoms with Crippen LogP contribution in [0, 0.1) is 12.8 Å². The molecule has 1 heterocycles. The molecule has 0 atom stereocenters. The first-order valence-corrected chi connectivity index (χ1v) is 7.93. The quantitative estimate of drug-likeness (QED) is 0.863. The molecule has 1 fully saturated rings. The average molecular weight is 291 g/mol. The summed E-state index contributed by atoms with van der Waals surface area (Å²) in [6.07, 6.45) is 8.26. The third kappa shape index (κ3) is 3.11. The van der Waals surface area contributed by atoms with Gasteiger partial charge in [-0.1, -0.05) is 25.6 Å². The van der Waals surface area contributed by atoms with Gasteiger partial charge in [-0.15, -0.1) is 0 Å². The minimum atomic E-state index is 0.444. The highest BCUT2D eigenvalue weighted by atomic mass is 32.1. The summed E-state index contributed by atoms with van der Waals surface area (Å²) < 4.78 is 0. The fraction of sp³-hybridized carbons (Fsp3) is 0.625. The van der Waals surface area contributed by atoms with Crippen LogP contribution in [-0.2, 0) is 0 Å². The Hall–Kier alpha value is -1.16. The van der Waals surface area contributed by atoms with Gasteiger partial charge in [-0.2, -0.15) is 0 Å². The third-order valence-electron chi connectivity index (χ3n) is 4.66. The van der Waals surface area contributed by atoms with E-state index in [0.717, 1.165) is 22.9 Å². The van der Waals surface area contributed by atoms with Gasteiger partial charge in [0, 0.05) is 19.3 Å². The second-order valence-electron chi connectivity index (χ2n) is 5.88. The number of hydrogen-bond donors (Lipinski definition) is 1. The molecule has 20 heavy (non-hydrogen) atoms. The molecule has 1 aromatic heterocycles. The Kier molecular flexibility index (Phi) is 4.97. The molecule has 0 bridgehead atoms. The summed E-state index contributed by atoms with van der Waals surface area (Å²) in [4.78, 5) is 7.26. The van der Waals surface area contributed by atoms with Crippen molar-refractivity contribution in [1.29, 1.82) is 0 Å². The van der Waals surface area contributed by atoms with Crippen molar-refractivity contribution in [3.63, 3.8) is 0 Å². The fourth-order valence-electron chi connectivity index (χ4n) is 3.23. The highest BCUT2D eigenvalue weighted by molar-refractivity contribution is 7.80. The first kappa shape index (κ1) is 15.2. The zero-order valence-corrected chi connectivity index (χ0v) is 13.5. The van der Waals surface area contributed by atoms with Crippen molar-refractivity contribution in [2.75, 3.05) is 11.9 Å². The number of aromatic nitrogens is 1. The van der Waals surface area contributed by atoms with E-state index in [4.69, 9.17) is 18.0 Å². The van der Waals surface area contributed by atoms with Crippen LogP contribution in [0.5, 0.6) is 0 Å². The van der Waals surface area contributed by atoms with Crippen LogP contribution < -0.4 is 10.6 Å². The maximum absolute atomic E-state index is 5.89. The first-order chi connectivity index (χ1) is 9.54. The van der Waals surface area contributed by atoms with Crippen LogP contribution in [-0.4, -0.2) is 23.1 Å². The molecule has 0 radical (unpaired) electrons. The molecule has 1 aliphatic rings. The van der Waals surface area contributed by atoms with Crippen molar-refractivity contribution in [1.82, 2.24) is 4.98 Å². The SMILES string of the molecule is CCC1CCC(N(C)c2nccc(C)c2C(N)=S)CC1. The Morgan fingerprint density at radius 1 is 1.40 bits per heavy atom. The van der Waals surface area contributed by atoms with E-state index in [1.165, 1.54) is 32.1 Å². The molecule has 4 heteroatoms. The lowest BCUT2D eigenvalue weighted by Crippen LogP contribution is -2.37. The van der Waals surface area contributed by atoms with Crippen molar-refractivity contribution in [2.45, 2.75) is 52.0 Å². The van der Waals surface area contributed by atoms with Gasteiger partial charge in [0.1, 0.15) is 10.8 Å². The molecule has 2 rings (SSSR count). The second kappa shape index (κ2) is 6.53. The van der Waals surface area contributed by atoms with Crippen molar-refractivity contribution in [3.05, 3.63) is 23.4 Å². The van der Waals surface area contributed by atoms with E-state index >= 15 is 0 Å². The van der Waals surface area contributed by atoms with E-state index in [9.17, 15) is 0 Å². The summed E-state index contributed by atoms with van der Waals surface area (Å²) in [5.74, 6) is 1.85. The Morgan fingerprint density at radius 3 is 2.60 bits per heavy atom. The topological polar surface area (TPSA) is 42.2 Å². The van der Waals surface area contributed by atoms with Crippen LogP contribution in [0.3, 0.4) is 0 Å². The third-order valence-corrected chi connectivity index (χ3v) is 4.87.